The third-order valence-corrected chi connectivity index (χ3v) is 2.57. The van der Waals surface area contributed by atoms with Gasteiger partial charge >= 0.3 is 12.1 Å². The van der Waals surface area contributed by atoms with Crippen LogP contribution in [-0.4, -0.2) is 45.3 Å². The largest absolute Gasteiger partial charge is 0.490 e. The van der Waals surface area contributed by atoms with E-state index in [2.05, 4.69) is 10.0 Å². The number of carboxylic acids is 1. The molecular weight excluding hydrogens is 279 g/mol. The Labute approximate surface area is 102 Å². The van der Waals surface area contributed by atoms with E-state index in [-0.39, 0.29) is 0 Å². The molecule has 0 radical (unpaired) electrons. The van der Waals surface area contributed by atoms with Gasteiger partial charge < -0.3 is 10.4 Å². The highest BCUT2D eigenvalue weighted by Gasteiger charge is 2.38. The summed E-state index contributed by atoms with van der Waals surface area (Å²) >= 11 is 0. The summed E-state index contributed by atoms with van der Waals surface area (Å²) in [7, 11) is -3.47. The molecule has 5 N–H and O–H groups in total. The van der Waals surface area contributed by atoms with Crippen LogP contribution in [0.15, 0.2) is 0 Å². The molecule has 0 saturated carbocycles. The number of carbonyl (C=O) groups is 1. The minimum Gasteiger partial charge on any atom is -0.475 e. The standard InChI is InChI=1S/C5H13N3O2S.C2HF3O2/c6-11(9,10)8-2-1-5-3-7-4-5;3-2(4,5)1(6)7/h5,7-8H,1-4H2,(H2,6,9,10);(H,6,7). The van der Waals surface area contributed by atoms with Crippen molar-refractivity contribution in [2.75, 3.05) is 19.6 Å². The lowest BCUT2D eigenvalue weighted by molar-refractivity contribution is -0.192. The van der Waals surface area contributed by atoms with Crippen molar-refractivity contribution in [1.29, 1.82) is 0 Å². The fourth-order valence-corrected chi connectivity index (χ4v) is 1.36. The van der Waals surface area contributed by atoms with E-state index in [1.165, 1.54) is 0 Å². The summed E-state index contributed by atoms with van der Waals surface area (Å²) in [5, 5.41) is 15.0. The van der Waals surface area contributed by atoms with Crippen LogP contribution in [0.25, 0.3) is 0 Å². The normalized spacial score (nSPS) is 16.4. The minimum atomic E-state index is -5.08. The summed E-state index contributed by atoms with van der Waals surface area (Å²) in [6.07, 6.45) is -4.22. The molecule has 0 spiro atoms. The van der Waals surface area contributed by atoms with Gasteiger partial charge in [-0.05, 0) is 25.4 Å². The number of rotatable bonds is 4. The molecule has 1 aliphatic rings. The smallest absolute Gasteiger partial charge is 0.475 e. The number of aliphatic carboxylic acids is 1. The van der Waals surface area contributed by atoms with E-state index in [1.54, 1.807) is 0 Å². The van der Waals surface area contributed by atoms with E-state index < -0.39 is 22.4 Å². The van der Waals surface area contributed by atoms with Crippen molar-refractivity contribution < 1.29 is 31.5 Å². The Hall–Kier alpha value is -0.910. The zero-order valence-corrected chi connectivity index (χ0v) is 10.0. The first-order valence-corrected chi connectivity index (χ1v) is 6.35. The van der Waals surface area contributed by atoms with E-state index in [0.717, 1.165) is 19.5 Å². The maximum absolute atomic E-state index is 10.6. The number of nitrogens with one attached hydrogen (secondary N) is 2. The molecule has 0 aromatic rings. The Morgan fingerprint density at radius 3 is 2.11 bits per heavy atom. The molecule has 0 bridgehead atoms. The van der Waals surface area contributed by atoms with Gasteiger partial charge in [-0.2, -0.15) is 21.6 Å². The van der Waals surface area contributed by atoms with Crippen molar-refractivity contribution in [3.8, 4) is 0 Å². The Morgan fingerprint density at radius 2 is 1.89 bits per heavy atom. The monoisotopic (exact) mass is 293 g/mol. The molecule has 11 heteroatoms. The first-order valence-electron chi connectivity index (χ1n) is 4.80. The molecule has 1 heterocycles. The quantitative estimate of drug-likeness (QED) is 0.531. The van der Waals surface area contributed by atoms with Crippen LogP contribution >= 0.6 is 0 Å². The lowest BCUT2D eigenvalue weighted by Crippen LogP contribution is -2.44. The van der Waals surface area contributed by atoms with E-state index in [1.807, 2.05) is 0 Å². The molecule has 18 heavy (non-hydrogen) atoms. The van der Waals surface area contributed by atoms with Crippen LogP contribution in [0.4, 0.5) is 13.2 Å². The fourth-order valence-electron chi connectivity index (χ4n) is 0.958. The number of carboxylic acid groups (broad SMARTS) is 1. The van der Waals surface area contributed by atoms with Gasteiger partial charge in [0, 0.05) is 6.54 Å². The lowest BCUT2D eigenvalue weighted by atomic mass is 10.00. The van der Waals surface area contributed by atoms with Gasteiger partial charge in [0.05, 0.1) is 0 Å². The summed E-state index contributed by atoms with van der Waals surface area (Å²) in [4.78, 5) is 8.90. The fraction of sp³-hybridized carbons (Fsp3) is 0.857. The predicted octanol–water partition coefficient (Wildman–Crippen LogP) is -0.978. The van der Waals surface area contributed by atoms with Crippen LogP contribution in [0.5, 0.6) is 0 Å². The number of halogens is 3. The first kappa shape index (κ1) is 17.1. The SMILES string of the molecule is NS(=O)(=O)NCCC1CNC1.O=C(O)C(F)(F)F. The summed E-state index contributed by atoms with van der Waals surface area (Å²) < 4.78 is 54.7. The summed E-state index contributed by atoms with van der Waals surface area (Å²) in [5.74, 6) is -2.14. The Morgan fingerprint density at radius 1 is 1.44 bits per heavy atom. The van der Waals surface area contributed by atoms with E-state index in [0.29, 0.717) is 12.5 Å². The van der Waals surface area contributed by atoms with Crippen molar-refractivity contribution in [1.82, 2.24) is 10.0 Å². The highest BCUT2D eigenvalue weighted by atomic mass is 32.2. The Bertz CT molecular complexity index is 367. The van der Waals surface area contributed by atoms with Gasteiger partial charge in [-0.3, -0.25) is 0 Å². The second-order valence-corrected chi connectivity index (χ2v) is 4.93. The Kier molecular flexibility index (Phi) is 6.52. The van der Waals surface area contributed by atoms with Crippen molar-refractivity contribution in [3.63, 3.8) is 0 Å². The zero-order valence-electron chi connectivity index (χ0n) is 9.20. The second kappa shape index (κ2) is 6.87. The predicted molar refractivity (Wildman–Crippen MR) is 55.8 cm³/mol. The molecule has 0 amide bonds. The van der Waals surface area contributed by atoms with Crippen molar-refractivity contribution >= 4 is 16.2 Å². The number of hydrogen-bond acceptors (Lipinski definition) is 4. The first-order chi connectivity index (χ1) is 8.02. The molecule has 0 aliphatic carbocycles. The van der Waals surface area contributed by atoms with Crippen LogP contribution in [0.2, 0.25) is 0 Å². The molecule has 0 aromatic heterocycles. The third kappa shape index (κ3) is 9.15. The maximum Gasteiger partial charge on any atom is 0.490 e. The molecule has 1 aliphatic heterocycles. The highest BCUT2D eigenvalue weighted by molar-refractivity contribution is 7.87. The molecule has 0 unspecified atom stereocenters. The van der Waals surface area contributed by atoms with Crippen molar-refractivity contribution in [2.45, 2.75) is 12.6 Å². The van der Waals surface area contributed by atoms with Gasteiger partial charge in [0.15, 0.2) is 0 Å². The van der Waals surface area contributed by atoms with E-state index >= 15 is 0 Å². The van der Waals surface area contributed by atoms with Gasteiger partial charge in [-0.1, -0.05) is 0 Å². The minimum absolute atomic E-state index is 0.450. The molecule has 7 nitrogen and oxygen atoms in total. The summed E-state index contributed by atoms with van der Waals surface area (Å²) in [6.45, 7) is 2.43. The van der Waals surface area contributed by atoms with Crippen LogP contribution in [0.3, 0.4) is 0 Å². The average molecular weight is 293 g/mol. The highest BCUT2D eigenvalue weighted by Crippen LogP contribution is 2.13. The summed E-state index contributed by atoms with van der Waals surface area (Å²) in [5.41, 5.74) is 0. The van der Waals surface area contributed by atoms with Gasteiger partial charge in [0.25, 0.3) is 10.2 Å². The third-order valence-electron chi connectivity index (χ3n) is 1.96. The van der Waals surface area contributed by atoms with Crippen LogP contribution < -0.4 is 15.2 Å². The van der Waals surface area contributed by atoms with Gasteiger partial charge in [0.2, 0.25) is 0 Å². The van der Waals surface area contributed by atoms with Crippen LogP contribution in [0.1, 0.15) is 6.42 Å². The van der Waals surface area contributed by atoms with Gasteiger partial charge in [-0.25, -0.2) is 14.7 Å². The topological polar surface area (TPSA) is 122 Å². The van der Waals surface area contributed by atoms with E-state index in [9.17, 15) is 21.6 Å². The number of hydrogen-bond donors (Lipinski definition) is 4. The lowest BCUT2D eigenvalue weighted by Gasteiger charge is -2.26. The summed E-state index contributed by atoms with van der Waals surface area (Å²) in [6, 6.07) is 0. The van der Waals surface area contributed by atoms with Crippen LogP contribution in [0, 0.1) is 5.92 Å². The van der Waals surface area contributed by atoms with E-state index in [4.69, 9.17) is 15.0 Å². The van der Waals surface area contributed by atoms with Gasteiger partial charge in [0.1, 0.15) is 0 Å². The van der Waals surface area contributed by atoms with Crippen LogP contribution in [-0.2, 0) is 15.0 Å². The van der Waals surface area contributed by atoms with Crippen molar-refractivity contribution in [3.05, 3.63) is 0 Å². The molecule has 1 fully saturated rings. The molecule has 0 aromatic carbocycles. The molecule has 108 valence electrons. The van der Waals surface area contributed by atoms with Gasteiger partial charge in [-0.15, -0.1) is 0 Å². The molecule has 1 rings (SSSR count). The second-order valence-electron chi connectivity index (χ2n) is 3.56. The molecule has 0 atom stereocenters. The van der Waals surface area contributed by atoms with Crippen molar-refractivity contribution in [2.24, 2.45) is 11.1 Å². The zero-order chi connectivity index (χ0) is 14.4. The molecular formula is C7H14F3N3O4S. The number of alkyl halides is 3. The molecule has 1 saturated heterocycles. The maximum atomic E-state index is 10.6. The average Bonchev–Trinajstić information content (AvgIpc) is 2.07. The Balaban J connectivity index is 0.000000360. The number of nitrogens with two attached hydrogens (primary N) is 1.